The molecule has 0 radical (unpaired) electrons. The maximum Gasteiger partial charge on any atom is 0.416 e. The quantitative estimate of drug-likeness (QED) is 0.724. The number of nitrogens with one attached hydrogen (secondary N) is 2. The zero-order valence-electron chi connectivity index (χ0n) is 16.0. The molecule has 1 saturated heterocycles. The van der Waals surface area contributed by atoms with E-state index in [1.165, 1.54) is 0 Å². The Balaban J connectivity index is 1.41. The van der Waals surface area contributed by atoms with Crippen molar-refractivity contribution in [1.29, 1.82) is 0 Å². The van der Waals surface area contributed by atoms with Crippen LogP contribution in [0.1, 0.15) is 27.9 Å². The predicted molar refractivity (Wildman–Crippen MR) is 107 cm³/mol. The van der Waals surface area contributed by atoms with Gasteiger partial charge in [-0.25, -0.2) is 0 Å². The summed E-state index contributed by atoms with van der Waals surface area (Å²) in [6.07, 6.45) is -3.66. The van der Waals surface area contributed by atoms with Gasteiger partial charge in [0.05, 0.1) is 12.1 Å². The number of hydrogen-bond donors (Lipinski definition) is 2. The van der Waals surface area contributed by atoms with Gasteiger partial charge in [-0.1, -0.05) is 23.7 Å². The second-order valence-corrected chi connectivity index (χ2v) is 7.61. The third-order valence-electron chi connectivity index (χ3n) is 4.84. The van der Waals surface area contributed by atoms with E-state index >= 15 is 0 Å². The Morgan fingerprint density at radius 3 is 2.37 bits per heavy atom. The first-order valence-corrected chi connectivity index (χ1v) is 9.80. The van der Waals surface area contributed by atoms with Gasteiger partial charge in [-0.05, 0) is 48.4 Å². The highest BCUT2D eigenvalue weighted by Crippen LogP contribution is 2.29. The monoisotopic (exact) mass is 439 g/mol. The fourth-order valence-electron chi connectivity index (χ4n) is 3.29. The number of carbonyl (C=O) groups excluding carboxylic acids is 2. The van der Waals surface area contributed by atoms with Gasteiger partial charge in [0.15, 0.2) is 0 Å². The molecule has 1 aliphatic heterocycles. The van der Waals surface area contributed by atoms with Crippen LogP contribution >= 0.6 is 11.6 Å². The van der Waals surface area contributed by atoms with Gasteiger partial charge in [0.2, 0.25) is 5.91 Å². The van der Waals surface area contributed by atoms with Crippen molar-refractivity contribution >= 4 is 23.4 Å². The van der Waals surface area contributed by atoms with E-state index in [1.54, 1.807) is 0 Å². The second-order valence-electron chi connectivity index (χ2n) is 7.17. The Morgan fingerprint density at radius 1 is 1.07 bits per heavy atom. The summed E-state index contributed by atoms with van der Waals surface area (Å²) >= 11 is 5.89. The Labute approximate surface area is 177 Å². The van der Waals surface area contributed by atoms with Gasteiger partial charge in [0.1, 0.15) is 0 Å². The van der Waals surface area contributed by atoms with E-state index in [1.807, 2.05) is 24.3 Å². The lowest BCUT2D eigenvalue weighted by molar-refractivity contribution is -0.137. The van der Waals surface area contributed by atoms with Gasteiger partial charge in [-0.15, -0.1) is 0 Å². The molecule has 1 aliphatic rings. The van der Waals surface area contributed by atoms with Gasteiger partial charge in [0.25, 0.3) is 5.91 Å². The molecule has 2 amide bonds. The maximum atomic E-state index is 12.6. The first kappa shape index (κ1) is 22.1. The number of hydrogen-bond acceptors (Lipinski definition) is 3. The fourth-order valence-corrected chi connectivity index (χ4v) is 3.42. The smallest absolute Gasteiger partial charge is 0.350 e. The molecule has 30 heavy (non-hydrogen) atoms. The second kappa shape index (κ2) is 9.49. The molecule has 5 nitrogen and oxygen atoms in total. The van der Waals surface area contributed by atoms with Gasteiger partial charge in [0, 0.05) is 36.3 Å². The molecule has 1 atom stereocenters. The fraction of sp³-hybridized carbons (Fsp3) is 0.333. The first-order chi connectivity index (χ1) is 14.2. The largest absolute Gasteiger partial charge is 0.416 e. The summed E-state index contributed by atoms with van der Waals surface area (Å²) in [5.74, 6) is -0.941. The van der Waals surface area contributed by atoms with E-state index in [9.17, 15) is 22.8 Å². The van der Waals surface area contributed by atoms with Crippen LogP contribution in [0.25, 0.3) is 0 Å². The SMILES string of the molecule is O=C(CNC(=O)c1ccc(C(F)(F)F)cc1)N[C@@H]1CCN(Cc2ccc(Cl)cc2)C1. The van der Waals surface area contributed by atoms with Gasteiger partial charge in [-0.2, -0.15) is 13.2 Å². The summed E-state index contributed by atoms with van der Waals surface area (Å²) < 4.78 is 37.7. The molecule has 160 valence electrons. The number of amides is 2. The summed E-state index contributed by atoms with van der Waals surface area (Å²) in [4.78, 5) is 26.4. The minimum Gasteiger partial charge on any atom is -0.350 e. The van der Waals surface area contributed by atoms with Crippen LogP contribution in [0.4, 0.5) is 13.2 Å². The minimum atomic E-state index is -4.46. The molecule has 0 unspecified atom stereocenters. The molecule has 1 heterocycles. The normalized spacial score (nSPS) is 17.0. The van der Waals surface area contributed by atoms with Crippen LogP contribution in [0.15, 0.2) is 48.5 Å². The molecule has 9 heteroatoms. The molecular formula is C21H21ClF3N3O2. The van der Waals surface area contributed by atoms with Crippen molar-refractivity contribution in [3.05, 3.63) is 70.2 Å². The number of halogens is 4. The highest BCUT2D eigenvalue weighted by molar-refractivity contribution is 6.30. The van der Waals surface area contributed by atoms with Gasteiger partial charge >= 0.3 is 6.18 Å². The summed E-state index contributed by atoms with van der Waals surface area (Å²) in [5.41, 5.74) is 0.363. The summed E-state index contributed by atoms with van der Waals surface area (Å²) in [5, 5.41) is 5.99. The molecule has 0 aliphatic carbocycles. The average molecular weight is 440 g/mol. The van der Waals surface area contributed by atoms with E-state index < -0.39 is 17.6 Å². The van der Waals surface area contributed by atoms with Crippen molar-refractivity contribution in [3.63, 3.8) is 0 Å². The van der Waals surface area contributed by atoms with E-state index in [2.05, 4.69) is 15.5 Å². The molecule has 2 aromatic rings. The zero-order valence-corrected chi connectivity index (χ0v) is 16.8. The van der Waals surface area contributed by atoms with Crippen LogP contribution in [0, 0.1) is 0 Å². The van der Waals surface area contributed by atoms with Crippen LogP contribution in [-0.2, 0) is 17.5 Å². The molecule has 0 spiro atoms. The number of alkyl halides is 3. The zero-order chi connectivity index (χ0) is 21.7. The first-order valence-electron chi connectivity index (χ1n) is 9.42. The number of benzene rings is 2. The summed E-state index contributed by atoms with van der Waals surface area (Å²) in [6.45, 7) is 2.05. The van der Waals surface area contributed by atoms with E-state index in [4.69, 9.17) is 11.6 Å². The number of likely N-dealkylation sites (tertiary alicyclic amines) is 1. The molecule has 0 bridgehead atoms. The van der Waals surface area contributed by atoms with E-state index in [0.717, 1.165) is 49.3 Å². The Morgan fingerprint density at radius 2 is 1.73 bits per heavy atom. The minimum absolute atomic E-state index is 0.0206. The molecule has 3 rings (SSSR count). The molecule has 0 aromatic heterocycles. The van der Waals surface area contributed by atoms with Crippen LogP contribution < -0.4 is 10.6 Å². The van der Waals surface area contributed by atoms with Crippen LogP contribution in [-0.4, -0.2) is 42.4 Å². The molecule has 1 fully saturated rings. The van der Waals surface area contributed by atoms with E-state index in [-0.39, 0.29) is 24.1 Å². The Hall–Kier alpha value is -2.58. The van der Waals surface area contributed by atoms with Gasteiger partial charge < -0.3 is 10.6 Å². The van der Waals surface area contributed by atoms with Crippen molar-refractivity contribution in [2.75, 3.05) is 19.6 Å². The van der Waals surface area contributed by atoms with Crippen LogP contribution in [0.3, 0.4) is 0 Å². The molecular weight excluding hydrogens is 419 g/mol. The lowest BCUT2D eigenvalue weighted by atomic mass is 10.1. The van der Waals surface area contributed by atoms with Crippen molar-refractivity contribution in [2.24, 2.45) is 0 Å². The summed E-state index contributed by atoms with van der Waals surface area (Å²) in [7, 11) is 0. The number of carbonyl (C=O) groups is 2. The van der Waals surface area contributed by atoms with Crippen molar-refractivity contribution in [2.45, 2.75) is 25.2 Å². The lowest BCUT2D eigenvalue weighted by Gasteiger charge is -2.17. The van der Waals surface area contributed by atoms with Crippen LogP contribution in [0.5, 0.6) is 0 Å². The third kappa shape index (κ3) is 6.21. The summed E-state index contributed by atoms with van der Waals surface area (Å²) in [6, 6.07) is 11.4. The highest BCUT2D eigenvalue weighted by Gasteiger charge is 2.30. The third-order valence-corrected chi connectivity index (χ3v) is 5.09. The molecule has 0 saturated carbocycles. The maximum absolute atomic E-state index is 12.6. The highest BCUT2D eigenvalue weighted by atomic mass is 35.5. The standard InChI is InChI=1S/C21H21ClF3N3O2/c22-17-7-1-14(2-8-17)12-28-10-9-18(13-28)27-19(29)11-26-20(30)15-3-5-16(6-4-15)21(23,24)25/h1-8,18H,9-13H2,(H,26,30)(H,27,29)/t18-/m1/s1. The topological polar surface area (TPSA) is 61.4 Å². The average Bonchev–Trinajstić information content (AvgIpc) is 3.14. The van der Waals surface area contributed by atoms with Crippen molar-refractivity contribution in [3.8, 4) is 0 Å². The molecule has 2 aromatic carbocycles. The Bertz CT molecular complexity index is 886. The lowest BCUT2D eigenvalue weighted by Crippen LogP contribution is -2.43. The van der Waals surface area contributed by atoms with Crippen molar-refractivity contribution < 1.29 is 22.8 Å². The van der Waals surface area contributed by atoms with Gasteiger partial charge in [-0.3, -0.25) is 14.5 Å². The molecule has 2 N–H and O–H groups in total. The number of rotatable bonds is 6. The van der Waals surface area contributed by atoms with Crippen LogP contribution in [0.2, 0.25) is 5.02 Å². The number of nitrogens with zero attached hydrogens (tertiary/aromatic N) is 1. The Kier molecular flexibility index (Phi) is 6.99. The van der Waals surface area contributed by atoms with Crippen molar-refractivity contribution in [1.82, 2.24) is 15.5 Å². The van der Waals surface area contributed by atoms with E-state index in [0.29, 0.717) is 11.6 Å². The predicted octanol–water partition coefficient (Wildman–Crippen LogP) is 3.48.